The van der Waals surface area contributed by atoms with E-state index in [4.69, 9.17) is 14.5 Å². The van der Waals surface area contributed by atoms with Crippen LogP contribution in [0.3, 0.4) is 0 Å². The number of aromatic nitrogens is 1. The van der Waals surface area contributed by atoms with Crippen molar-refractivity contribution < 1.29 is 38.6 Å². The largest absolute Gasteiger partial charge is 0.481 e. The van der Waals surface area contributed by atoms with E-state index in [9.17, 15) is 29.1 Å². The molecule has 2 unspecified atom stereocenters. The highest BCUT2D eigenvalue weighted by Crippen LogP contribution is 2.61. The van der Waals surface area contributed by atoms with Crippen molar-refractivity contribution in [2.75, 3.05) is 33.3 Å². The maximum absolute atomic E-state index is 14.7. The van der Waals surface area contributed by atoms with Crippen LogP contribution < -0.4 is 20.7 Å². The first-order valence-electron chi connectivity index (χ1n) is 22.4. The van der Waals surface area contributed by atoms with Gasteiger partial charge in [-0.2, -0.15) is 0 Å². The maximum Gasteiger partial charge on any atom is 0.328 e. The third-order valence-electron chi connectivity index (χ3n) is 13.1. The lowest BCUT2D eigenvalue weighted by molar-refractivity contribution is -0.139. The molecule has 1 aromatic heterocycles. The van der Waals surface area contributed by atoms with Crippen molar-refractivity contribution in [3.05, 3.63) is 56.7 Å². The first-order chi connectivity index (χ1) is 29.2. The summed E-state index contributed by atoms with van der Waals surface area (Å²) >= 11 is 1.32. The molecule has 2 aromatic rings. The Bertz CT molecular complexity index is 1960. The number of carbonyl (C=O) groups is 5. The van der Waals surface area contributed by atoms with Gasteiger partial charge in [0.25, 0.3) is 5.91 Å². The summed E-state index contributed by atoms with van der Waals surface area (Å²) in [7, 11) is 1.97. The molecule has 2 aliphatic carbocycles. The molecule has 4 aliphatic rings. The third-order valence-corrected chi connectivity index (χ3v) is 14.0. The minimum absolute atomic E-state index is 0.0861. The van der Waals surface area contributed by atoms with Gasteiger partial charge in [-0.1, -0.05) is 52.2 Å². The number of nitrogens with one attached hydrogen (secondary N) is 3. The van der Waals surface area contributed by atoms with E-state index in [1.807, 2.05) is 59.6 Å². The number of carbonyl (C=O) groups excluding carboxylic acids is 4. The number of likely N-dealkylation sites (N-methyl/N-ethyl adjacent to an activating group) is 1. The summed E-state index contributed by atoms with van der Waals surface area (Å²) in [4.78, 5) is 76.4. The minimum Gasteiger partial charge on any atom is -0.481 e. The molecule has 3 fully saturated rings. The Labute approximate surface area is 364 Å². The van der Waals surface area contributed by atoms with Crippen LogP contribution in [0.5, 0.6) is 5.75 Å². The Hall–Kier alpha value is -4.18. The number of thiazole rings is 1. The normalized spacial score (nSPS) is 24.6. The number of esters is 1. The van der Waals surface area contributed by atoms with E-state index >= 15 is 0 Å². The number of rotatable bonds is 19. The van der Waals surface area contributed by atoms with Crippen molar-refractivity contribution in [1.29, 1.82) is 0 Å². The van der Waals surface area contributed by atoms with Gasteiger partial charge < -0.3 is 35.4 Å². The van der Waals surface area contributed by atoms with E-state index in [-0.39, 0.29) is 59.7 Å². The lowest BCUT2D eigenvalue weighted by Gasteiger charge is -2.36. The first-order valence-corrected chi connectivity index (χ1v) is 23.3. The van der Waals surface area contributed by atoms with Crippen LogP contribution >= 0.6 is 11.3 Å². The zero-order valence-corrected chi connectivity index (χ0v) is 37.8. The van der Waals surface area contributed by atoms with Gasteiger partial charge >= 0.3 is 11.9 Å². The summed E-state index contributed by atoms with van der Waals surface area (Å²) in [5, 5.41) is 22.2. The molecule has 61 heavy (non-hydrogen) atoms. The minimum atomic E-state index is -1.01. The van der Waals surface area contributed by atoms with E-state index in [1.54, 1.807) is 17.5 Å². The van der Waals surface area contributed by atoms with Gasteiger partial charge in [0.15, 0.2) is 0 Å². The molecule has 2 aliphatic heterocycles. The number of benzene rings is 1. The lowest BCUT2D eigenvalue weighted by atomic mass is 9.80. The van der Waals surface area contributed by atoms with Crippen molar-refractivity contribution >= 4 is 41.0 Å². The number of likely N-dealkylation sites (tertiary alicyclic amines) is 1. The highest BCUT2D eigenvalue weighted by Gasteiger charge is 2.61. The molecule has 1 aromatic carbocycles. The molecule has 3 heterocycles. The molecule has 14 nitrogen and oxygen atoms in total. The molecule has 1 saturated carbocycles. The quantitative estimate of drug-likeness (QED) is 0.0903. The Morgan fingerprint density at radius 1 is 1.07 bits per heavy atom. The van der Waals surface area contributed by atoms with Crippen LogP contribution in [0.15, 0.2) is 34.8 Å². The number of nitrogens with zero attached hydrogens (tertiary/aromatic N) is 3. The summed E-state index contributed by atoms with van der Waals surface area (Å²) in [6.45, 7) is 14.6. The fourth-order valence-corrected chi connectivity index (χ4v) is 10.2. The van der Waals surface area contributed by atoms with Crippen LogP contribution in [0.4, 0.5) is 0 Å². The number of amides is 3. The van der Waals surface area contributed by atoms with Gasteiger partial charge in [-0.25, -0.2) is 9.78 Å². The summed E-state index contributed by atoms with van der Waals surface area (Å²) in [6.07, 6.45) is 7.16. The Balaban J connectivity index is 1.18. The standard InChI is InChI=1S/C46H66N6O8S/c1-8-19-52(43(55)39(28(6)10-3)49-41(54)36-15-11-12-20-51(36)7)37(27(4)5)23-38(59-21-9-2)42-48-35(26-61-42)40(53)50-46-24-32(44(56)57)31-22-29(16-17-30(31)33(46)25-46)60-45(58)34-14-13-18-47-34/h16-17,22,26,28,32-34,36,38-39,47H,8-15,18-21,23-25H2,1-7H3,(H,49,54)(H,50,53)(H,56,57)/t28-,32+,33?,34+,36+,38+,39-,46?/m0/s1. The van der Waals surface area contributed by atoms with Gasteiger partial charge in [-0.05, 0) is 115 Å². The second kappa shape index (κ2) is 20.3. The van der Waals surface area contributed by atoms with E-state index < -0.39 is 29.6 Å². The Kier molecular flexibility index (Phi) is 15.4. The van der Waals surface area contributed by atoms with Gasteiger partial charge in [0.2, 0.25) is 11.8 Å². The van der Waals surface area contributed by atoms with Crippen molar-refractivity contribution in [2.24, 2.45) is 5.92 Å². The van der Waals surface area contributed by atoms with Crippen molar-refractivity contribution in [3.63, 3.8) is 0 Å². The second-order valence-electron chi connectivity index (χ2n) is 17.8. The van der Waals surface area contributed by atoms with Crippen LogP contribution in [-0.2, 0) is 23.9 Å². The van der Waals surface area contributed by atoms with E-state index in [0.29, 0.717) is 55.2 Å². The van der Waals surface area contributed by atoms with Gasteiger partial charge in [0, 0.05) is 42.1 Å². The average molecular weight is 863 g/mol. The topological polar surface area (TPSA) is 180 Å². The van der Waals surface area contributed by atoms with Gasteiger partial charge in [-0.15, -0.1) is 11.3 Å². The van der Waals surface area contributed by atoms with Crippen LogP contribution in [0.2, 0.25) is 0 Å². The molecule has 0 radical (unpaired) electrons. The number of carboxylic acid groups (broad SMARTS) is 1. The zero-order valence-electron chi connectivity index (χ0n) is 37.0. The van der Waals surface area contributed by atoms with Crippen LogP contribution in [0.1, 0.15) is 157 Å². The molecular weight excluding hydrogens is 797 g/mol. The van der Waals surface area contributed by atoms with Crippen LogP contribution in [0, 0.1) is 5.92 Å². The number of piperidine rings is 1. The smallest absolute Gasteiger partial charge is 0.328 e. The summed E-state index contributed by atoms with van der Waals surface area (Å²) < 4.78 is 12.1. The average Bonchev–Trinajstić information content (AvgIpc) is 3.55. The number of hydrogen-bond donors (Lipinski definition) is 4. The van der Waals surface area contributed by atoms with Gasteiger partial charge in [0.05, 0.1) is 12.0 Å². The molecule has 2 saturated heterocycles. The number of fused-ring (bicyclic) bond motifs is 3. The number of allylic oxidation sites excluding steroid dienone is 1. The summed E-state index contributed by atoms with van der Waals surface area (Å²) in [6, 6.07) is 3.87. The maximum atomic E-state index is 14.7. The number of ether oxygens (including phenoxy) is 2. The van der Waals surface area contributed by atoms with Crippen LogP contribution in [-0.4, -0.2) is 107 Å². The third kappa shape index (κ3) is 10.5. The van der Waals surface area contributed by atoms with E-state index in [0.717, 1.165) is 68.4 Å². The molecule has 8 atom stereocenters. The fraction of sp³-hybridized carbons (Fsp3) is 0.652. The number of carboxylic acids is 1. The monoisotopic (exact) mass is 862 g/mol. The molecular formula is C46H66N6O8S. The van der Waals surface area contributed by atoms with E-state index in [1.165, 1.54) is 11.3 Å². The molecule has 334 valence electrons. The van der Waals surface area contributed by atoms with Gasteiger partial charge in [0.1, 0.15) is 34.6 Å². The highest BCUT2D eigenvalue weighted by molar-refractivity contribution is 7.09. The van der Waals surface area contributed by atoms with Crippen molar-refractivity contribution in [1.82, 2.24) is 30.7 Å². The SMILES string of the molecule is CCCO[C@H](CC(=C(C)C)N(CCC)C(=O)[C@@H](NC(=O)[C@H]1CCCCN1C)[C@@H](C)CC)c1nc(C(=O)NC23CC2c2ccc(OC(=O)[C@H]4CCCN4)cc2[C@H](C(=O)O)C3)cs1. The summed E-state index contributed by atoms with van der Waals surface area (Å²) in [5.41, 5.74) is 2.67. The number of aliphatic carboxylic acids is 1. The Morgan fingerprint density at radius 3 is 2.51 bits per heavy atom. The lowest BCUT2D eigenvalue weighted by Crippen LogP contribution is -2.56. The van der Waals surface area contributed by atoms with Gasteiger partial charge in [-0.3, -0.25) is 24.1 Å². The zero-order chi connectivity index (χ0) is 44.0. The molecule has 15 heteroatoms. The number of hydrogen-bond acceptors (Lipinski definition) is 11. The predicted octanol–water partition coefficient (Wildman–Crippen LogP) is 6.43. The molecule has 0 spiro atoms. The highest BCUT2D eigenvalue weighted by atomic mass is 32.1. The summed E-state index contributed by atoms with van der Waals surface area (Å²) in [5.74, 6) is -2.77. The first kappa shape index (κ1) is 46.3. The molecule has 6 rings (SSSR count). The predicted molar refractivity (Wildman–Crippen MR) is 233 cm³/mol. The molecule has 3 amide bonds. The second-order valence-corrected chi connectivity index (χ2v) is 18.6. The molecule has 4 N–H and O–H groups in total. The molecule has 0 bridgehead atoms. The van der Waals surface area contributed by atoms with Crippen molar-refractivity contribution in [3.8, 4) is 5.75 Å². The van der Waals surface area contributed by atoms with Crippen LogP contribution in [0.25, 0.3) is 0 Å². The van der Waals surface area contributed by atoms with E-state index in [2.05, 4.69) is 20.9 Å². The Morgan fingerprint density at radius 2 is 1.85 bits per heavy atom. The van der Waals surface area contributed by atoms with Crippen molar-refractivity contribution in [2.45, 2.75) is 154 Å². The fourth-order valence-electron chi connectivity index (χ4n) is 9.31.